The fraction of sp³-hybridized carbons (Fsp3) is 0.357. The summed E-state index contributed by atoms with van der Waals surface area (Å²) in [4.78, 5) is 32.7. The number of nitrogens with one attached hydrogen (secondary N) is 2. The van der Waals surface area contributed by atoms with Crippen molar-refractivity contribution in [2.45, 2.75) is 19.4 Å². The molecule has 1 unspecified atom stereocenters. The molecule has 0 fully saturated rings. The van der Waals surface area contributed by atoms with Gasteiger partial charge in [-0.2, -0.15) is 0 Å². The summed E-state index contributed by atoms with van der Waals surface area (Å²) < 4.78 is 0. The lowest BCUT2D eigenvalue weighted by atomic mass is 10.1. The van der Waals surface area contributed by atoms with Gasteiger partial charge in [0, 0.05) is 11.4 Å². The third-order valence-corrected chi connectivity index (χ3v) is 3.77. The Bertz CT molecular complexity index is 490. The van der Waals surface area contributed by atoms with Crippen LogP contribution in [0.25, 0.3) is 0 Å². The molecule has 0 radical (unpaired) electrons. The van der Waals surface area contributed by atoms with E-state index in [9.17, 15) is 14.4 Å². The fourth-order valence-electron chi connectivity index (χ4n) is 1.56. The Balaban J connectivity index is 2.36. The molecule has 0 aliphatic carbocycles. The lowest BCUT2D eigenvalue weighted by Gasteiger charge is -2.10. The SMILES string of the molecule is CCc1ccc(NC(=O)CSCC(NC=O)C(=O)O)cc1. The molecule has 1 aromatic rings. The van der Waals surface area contributed by atoms with Crippen LogP contribution in [-0.4, -0.2) is 40.9 Å². The summed E-state index contributed by atoms with van der Waals surface area (Å²) in [5.41, 5.74) is 1.89. The van der Waals surface area contributed by atoms with Crippen LogP contribution in [0.1, 0.15) is 12.5 Å². The van der Waals surface area contributed by atoms with Gasteiger partial charge in [-0.05, 0) is 24.1 Å². The number of hydrogen-bond donors (Lipinski definition) is 3. The quantitative estimate of drug-likeness (QED) is 0.594. The minimum Gasteiger partial charge on any atom is -0.480 e. The first-order valence-electron chi connectivity index (χ1n) is 6.45. The molecule has 0 bridgehead atoms. The Labute approximate surface area is 127 Å². The highest BCUT2D eigenvalue weighted by Crippen LogP contribution is 2.11. The standard InChI is InChI=1S/C14H18N2O4S/c1-2-10-3-5-11(6-4-10)16-13(18)8-21-7-12(14(19)20)15-9-17/h3-6,9,12H,2,7-8H2,1H3,(H,15,17)(H,16,18)(H,19,20). The van der Waals surface area contributed by atoms with E-state index < -0.39 is 12.0 Å². The van der Waals surface area contributed by atoms with E-state index in [0.29, 0.717) is 12.1 Å². The Hall–Kier alpha value is -2.02. The fourth-order valence-corrected chi connectivity index (χ4v) is 2.41. The lowest BCUT2D eigenvalue weighted by Crippen LogP contribution is -2.38. The monoisotopic (exact) mass is 310 g/mol. The second kappa shape index (κ2) is 9.02. The molecule has 0 aromatic heterocycles. The van der Waals surface area contributed by atoms with Crippen molar-refractivity contribution in [1.29, 1.82) is 0 Å². The summed E-state index contributed by atoms with van der Waals surface area (Å²) in [7, 11) is 0. The minimum atomic E-state index is -1.12. The molecule has 1 aromatic carbocycles. The smallest absolute Gasteiger partial charge is 0.327 e. The van der Waals surface area contributed by atoms with Gasteiger partial charge >= 0.3 is 5.97 Å². The molecular formula is C14H18N2O4S. The summed E-state index contributed by atoms with van der Waals surface area (Å²) in [6.07, 6.45) is 1.28. The second-order valence-corrected chi connectivity index (χ2v) is 5.32. The maximum absolute atomic E-state index is 11.7. The number of carbonyl (C=O) groups excluding carboxylic acids is 2. The Morgan fingerprint density at radius 3 is 2.52 bits per heavy atom. The number of aliphatic carboxylic acids is 1. The Kier molecular flexibility index (Phi) is 7.31. The van der Waals surface area contributed by atoms with E-state index in [1.807, 2.05) is 24.3 Å². The molecule has 6 nitrogen and oxygen atoms in total. The van der Waals surface area contributed by atoms with E-state index in [1.165, 1.54) is 5.56 Å². The van der Waals surface area contributed by atoms with Gasteiger partial charge in [0.25, 0.3) is 0 Å². The van der Waals surface area contributed by atoms with Crippen molar-refractivity contribution < 1.29 is 19.5 Å². The minimum absolute atomic E-state index is 0.125. The number of thioether (sulfide) groups is 1. The van der Waals surface area contributed by atoms with Gasteiger partial charge in [0.2, 0.25) is 12.3 Å². The van der Waals surface area contributed by atoms with Crippen molar-refractivity contribution in [3.8, 4) is 0 Å². The van der Waals surface area contributed by atoms with Gasteiger partial charge in [0.05, 0.1) is 5.75 Å². The summed E-state index contributed by atoms with van der Waals surface area (Å²) >= 11 is 1.15. The first kappa shape index (κ1) is 17.0. The first-order chi connectivity index (χ1) is 10.1. The molecule has 0 spiro atoms. The van der Waals surface area contributed by atoms with Crippen molar-refractivity contribution in [3.05, 3.63) is 29.8 Å². The maximum atomic E-state index is 11.7. The number of hydrogen-bond acceptors (Lipinski definition) is 4. The number of amides is 2. The number of carboxylic acids is 1. The van der Waals surface area contributed by atoms with Crippen molar-refractivity contribution in [1.82, 2.24) is 5.32 Å². The van der Waals surface area contributed by atoms with Crippen LogP contribution in [0.2, 0.25) is 0 Å². The lowest BCUT2D eigenvalue weighted by molar-refractivity contribution is -0.139. The molecule has 3 N–H and O–H groups in total. The van der Waals surface area contributed by atoms with Crippen molar-refractivity contribution in [3.63, 3.8) is 0 Å². The van der Waals surface area contributed by atoms with Gasteiger partial charge in [-0.25, -0.2) is 4.79 Å². The zero-order valence-corrected chi connectivity index (χ0v) is 12.5. The molecule has 0 saturated heterocycles. The van der Waals surface area contributed by atoms with Crippen LogP contribution in [0.5, 0.6) is 0 Å². The van der Waals surface area contributed by atoms with E-state index in [1.54, 1.807) is 0 Å². The highest BCUT2D eigenvalue weighted by molar-refractivity contribution is 8.00. The first-order valence-corrected chi connectivity index (χ1v) is 7.61. The van der Waals surface area contributed by atoms with Crippen LogP contribution in [0.4, 0.5) is 5.69 Å². The average molecular weight is 310 g/mol. The van der Waals surface area contributed by atoms with Gasteiger partial charge in [-0.3, -0.25) is 9.59 Å². The predicted molar refractivity (Wildman–Crippen MR) is 82.4 cm³/mol. The van der Waals surface area contributed by atoms with E-state index >= 15 is 0 Å². The third-order valence-electron chi connectivity index (χ3n) is 2.73. The van der Waals surface area contributed by atoms with E-state index in [-0.39, 0.29) is 17.4 Å². The number of carboxylic acid groups (broad SMARTS) is 1. The number of benzene rings is 1. The van der Waals surface area contributed by atoms with E-state index in [4.69, 9.17) is 5.11 Å². The Morgan fingerprint density at radius 1 is 1.33 bits per heavy atom. The molecule has 0 aliphatic heterocycles. The molecule has 114 valence electrons. The topological polar surface area (TPSA) is 95.5 Å². The van der Waals surface area contributed by atoms with Gasteiger partial charge in [-0.1, -0.05) is 19.1 Å². The van der Waals surface area contributed by atoms with Crippen molar-refractivity contribution >= 4 is 35.7 Å². The van der Waals surface area contributed by atoms with E-state index in [0.717, 1.165) is 18.2 Å². The van der Waals surface area contributed by atoms with Crippen LogP contribution in [-0.2, 0) is 20.8 Å². The molecule has 1 atom stereocenters. The highest BCUT2D eigenvalue weighted by atomic mass is 32.2. The van der Waals surface area contributed by atoms with Crippen LogP contribution < -0.4 is 10.6 Å². The molecule has 0 saturated carbocycles. The maximum Gasteiger partial charge on any atom is 0.327 e. The zero-order valence-electron chi connectivity index (χ0n) is 11.7. The highest BCUT2D eigenvalue weighted by Gasteiger charge is 2.16. The van der Waals surface area contributed by atoms with E-state index in [2.05, 4.69) is 17.6 Å². The Morgan fingerprint density at radius 2 is 2.00 bits per heavy atom. The molecule has 0 heterocycles. The average Bonchev–Trinajstić information content (AvgIpc) is 2.47. The molecule has 2 amide bonds. The number of anilines is 1. The molecule has 21 heavy (non-hydrogen) atoms. The summed E-state index contributed by atoms with van der Waals surface area (Å²) in [6.45, 7) is 2.05. The van der Waals surface area contributed by atoms with Crippen molar-refractivity contribution in [2.24, 2.45) is 0 Å². The number of rotatable bonds is 9. The largest absolute Gasteiger partial charge is 0.480 e. The van der Waals surface area contributed by atoms with Crippen LogP contribution in [0.15, 0.2) is 24.3 Å². The molecule has 1 rings (SSSR count). The molecule has 0 aliphatic rings. The van der Waals surface area contributed by atoms with Crippen molar-refractivity contribution in [2.75, 3.05) is 16.8 Å². The summed E-state index contributed by atoms with van der Waals surface area (Å²) in [6, 6.07) is 6.56. The molecule has 7 heteroatoms. The van der Waals surface area contributed by atoms with Crippen LogP contribution >= 0.6 is 11.8 Å². The molecular weight excluding hydrogens is 292 g/mol. The zero-order chi connectivity index (χ0) is 15.7. The van der Waals surface area contributed by atoms with Crippen LogP contribution in [0, 0.1) is 0 Å². The summed E-state index contributed by atoms with van der Waals surface area (Å²) in [5.74, 6) is -1.07. The van der Waals surface area contributed by atoms with Gasteiger partial charge in [0.15, 0.2) is 0 Å². The number of aryl methyl sites for hydroxylation is 1. The van der Waals surface area contributed by atoms with Gasteiger partial charge in [-0.15, -0.1) is 11.8 Å². The normalized spacial score (nSPS) is 11.5. The van der Waals surface area contributed by atoms with Gasteiger partial charge in [0.1, 0.15) is 6.04 Å². The van der Waals surface area contributed by atoms with Gasteiger partial charge < -0.3 is 15.7 Å². The third kappa shape index (κ3) is 6.31. The van der Waals surface area contributed by atoms with Crippen LogP contribution in [0.3, 0.4) is 0 Å². The second-order valence-electron chi connectivity index (χ2n) is 4.29. The predicted octanol–water partition coefficient (Wildman–Crippen LogP) is 1.12. The number of carbonyl (C=O) groups is 3. The summed E-state index contributed by atoms with van der Waals surface area (Å²) in [5, 5.41) is 13.7.